The van der Waals surface area contributed by atoms with Gasteiger partial charge in [0.2, 0.25) is 0 Å². The van der Waals surface area contributed by atoms with Gasteiger partial charge in [0.05, 0.1) is 7.05 Å². The van der Waals surface area contributed by atoms with Crippen LogP contribution in [0.25, 0.3) is 0 Å². The van der Waals surface area contributed by atoms with E-state index in [0.29, 0.717) is 10.7 Å². The quantitative estimate of drug-likeness (QED) is 0.757. The first kappa shape index (κ1) is 10.1. The first-order chi connectivity index (χ1) is 6.66. The van der Waals surface area contributed by atoms with Crippen molar-refractivity contribution in [1.29, 1.82) is 0 Å². The van der Waals surface area contributed by atoms with Crippen LogP contribution in [0.1, 0.15) is 25.6 Å². The van der Waals surface area contributed by atoms with Gasteiger partial charge >= 0.3 is 0 Å². The Hall–Kier alpha value is -0.450. The Labute approximate surface area is 92.2 Å². The highest BCUT2D eigenvalue weighted by atomic mass is 79.9. The Morgan fingerprint density at radius 3 is 2.79 bits per heavy atom. The van der Waals surface area contributed by atoms with Crippen molar-refractivity contribution in [2.75, 3.05) is 0 Å². The molecule has 0 radical (unpaired) electrons. The van der Waals surface area contributed by atoms with Crippen molar-refractivity contribution in [2.24, 2.45) is 18.9 Å². The van der Waals surface area contributed by atoms with Crippen molar-refractivity contribution < 1.29 is 0 Å². The highest BCUT2D eigenvalue weighted by Crippen LogP contribution is 2.37. The van der Waals surface area contributed by atoms with E-state index in [1.165, 1.54) is 17.6 Å². The first-order valence-corrected chi connectivity index (χ1v) is 5.95. The summed E-state index contributed by atoms with van der Waals surface area (Å²) in [6, 6.07) is 0. The van der Waals surface area contributed by atoms with Crippen LogP contribution in [0.5, 0.6) is 0 Å². The molecule has 4 nitrogen and oxygen atoms in total. The van der Waals surface area contributed by atoms with Gasteiger partial charge in [-0.1, -0.05) is 22.9 Å². The first-order valence-electron chi connectivity index (χ1n) is 5.03. The Balaban J connectivity index is 1.98. The molecule has 1 aromatic rings. The lowest BCUT2D eigenvalue weighted by atomic mass is 9.94. The summed E-state index contributed by atoms with van der Waals surface area (Å²) in [5.41, 5.74) is 0. The van der Waals surface area contributed by atoms with Crippen LogP contribution in [0.2, 0.25) is 0 Å². The van der Waals surface area contributed by atoms with Crippen molar-refractivity contribution in [1.82, 2.24) is 20.2 Å². The van der Waals surface area contributed by atoms with E-state index in [9.17, 15) is 0 Å². The summed E-state index contributed by atoms with van der Waals surface area (Å²) in [6.45, 7) is 2.30. The summed E-state index contributed by atoms with van der Waals surface area (Å²) >= 11 is 3.70. The Bertz CT molecular complexity index is 312. The normalized spacial score (nSPS) is 32.4. The molecule has 0 aliphatic heterocycles. The summed E-state index contributed by atoms with van der Waals surface area (Å²) < 4.78 is 0. The third-order valence-electron chi connectivity index (χ3n) is 3.12. The average molecular weight is 259 g/mol. The fraction of sp³-hybridized carbons (Fsp3) is 0.889. The van der Waals surface area contributed by atoms with Gasteiger partial charge < -0.3 is 0 Å². The zero-order valence-electron chi connectivity index (χ0n) is 8.52. The van der Waals surface area contributed by atoms with Crippen LogP contribution in [0.3, 0.4) is 0 Å². The van der Waals surface area contributed by atoms with Gasteiger partial charge in [0.1, 0.15) is 0 Å². The second-order valence-electron chi connectivity index (χ2n) is 4.11. The topological polar surface area (TPSA) is 43.6 Å². The molecule has 1 saturated carbocycles. The molecule has 3 unspecified atom stereocenters. The summed E-state index contributed by atoms with van der Waals surface area (Å²) in [6.07, 6.45) is 3.51. The zero-order chi connectivity index (χ0) is 10.1. The third-order valence-corrected chi connectivity index (χ3v) is 4.41. The molecule has 1 heterocycles. The Morgan fingerprint density at radius 1 is 1.50 bits per heavy atom. The minimum absolute atomic E-state index is 0.671. The number of alkyl halides is 1. The van der Waals surface area contributed by atoms with Crippen molar-refractivity contribution in [3.63, 3.8) is 0 Å². The Morgan fingerprint density at radius 2 is 2.29 bits per heavy atom. The molecule has 0 saturated heterocycles. The fourth-order valence-electron chi connectivity index (χ4n) is 2.12. The maximum atomic E-state index is 4.21. The van der Waals surface area contributed by atoms with Crippen LogP contribution >= 0.6 is 15.9 Å². The fourth-order valence-corrected chi connectivity index (χ4v) is 2.82. The van der Waals surface area contributed by atoms with E-state index in [-0.39, 0.29) is 0 Å². The number of aryl methyl sites for hydroxylation is 1. The molecule has 0 bridgehead atoms. The van der Waals surface area contributed by atoms with Crippen LogP contribution in [-0.4, -0.2) is 25.0 Å². The van der Waals surface area contributed by atoms with Crippen molar-refractivity contribution in [3.05, 3.63) is 5.82 Å². The van der Waals surface area contributed by atoms with E-state index < -0.39 is 0 Å². The molecule has 0 spiro atoms. The van der Waals surface area contributed by atoms with Crippen LogP contribution < -0.4 is 0 Å². The van der Waals surface area contributed by atoms with E-state index in [1.54, 1.807) is 0 Å². The van der Waals surface area contributed by atoms with E-state index in [2.05, 4.69) is 38.3 Å². The molecule has 1 aliphatic rings. The minimum Gasteiger partial charge on any atom is -0.167 e. The zero-order valence-corrected chi connectivity index (χ0v) is 10.1. The number of hydrogen-bond acceptors (Lipinski definition) is 3. The van der Waals surface area contributed by atoms with Crippen LogP contribution in [0.15, 0.2) is 0 Å². The number of rotatable bonds is 2. The molecular formula is C9H15BrN4. The van der Waals surface area contributed by atoms with Gasteiger partial charge in [0.15, 0.2) is 5.82 Å². The summed E-state index contributed by atoms with van der Waals surface area (Å²) in [5, 5.41) is 12.1. The molecule has 1 aliphatic carbocycles. The van der Waals surface area contributed by atoms with Crippen molar-refractivity contribution >= 4 is 15.9 Å². The molecule has 78 valence electrons. The average Bonchev–Trinajstić information content (AvgIpc) is 2.67. The van der Waals surface area contributed by atoms with E-state index in [0.717, 1.165) is 18.2 Å². The van der Waals surface area contributed by atoms with E-state index in [1.807, 2.05) is 7.05 Å². The maximum absolute atomic E-state index is 4.21. The summed E-state index contributed by atoms with van der Waals surface area (Å²) in [5.74, 6) is 2.31. The number of halogens is 1. The predicted octanol–water partition coefficient (Wildman–Crippen LogP) is 1.56. The monoisotopic (exact) mass is 258 g/mol. The SMILES string of the molecule is CC1C(Br)CCC1Cc1nnn(C)n1. The molecule has 5 heteroatoms. The maximum Gasteiger partial charge on any atom is 0.175 e. The van der Waals surface area contributed by atoms with Gasteiger partial charge in [0, 0.05) is 11.2 Å². The molecular weight excluding hydrogens is 244 g/mol. The number of tetrazole rings is 1. The predicted molar refractivity (Wildman–Crippen MR) is 57.1 cm³/mol. The van der Waals surface area contributed by atoms with Crippen LogP contribution in [0.4, 0.5) is 0 Å². The van der Waals surface area contributed by atoms with Gasteiger partial charge in [-0.2, -0.15) is 4.80 Å². The smallest absolute Gasteiger partial charge is 0.167 e. The van der Waals surface area contributed by atoms with Crippen molar-refractivity contribution in [2.45, 2.75) is 31.0 Å². The lowest BCUT2D eigenvalue weighted by molar-refractivity contribution is 0.414. The number of hydrogen-bond donors (Lipinski definition) is 0. The highest BCUT2D eigenvalue weighted by molar-refractivity contribution is 9.09. The van der Waals surface area contributed by atoms with Gasteiger partial charge in [-0.05, 0) is 29.9 Å². The Kier molecular flexibility index (Phi) is 2.85. The van der Waals surface area contributed by atoms with Crippen molar-refractivity contribution in [3.8, 4) is 0 Å². The molecule has 0 aromatic carbocycles. The molecule has 1 aromatic heterocycles. The molecule has 14 heavy (non-hydrogen) atoms. The van der Waals surface area contributed by atoms with Gasteiger partial charge in [0.25, 0.3) is 0 Å². The van der Waals surface area contributed by atoms with E-state index >= 15 is 0 Å². The third kappa shape index (κ3) is 1.97. The lowest BCUT2D eigenvalue weighted by Crippen LogP contribution is -2.13. The van der Waals surface area contributed by atoms with Crippen LogP contribution in [0, 0.1) is 11.8 Å². The number of nitrogens with zero attached hydrogens (tertiary/aromatic N) is 4. The largest absolute Gasteiger partial charge is 0.175 e. The minimum atomic E-state index is 0.671. The molecule has 1 fully saturated rings. The van der Waals surface area contributed by atoms with Gasteiger partial charge in [-0.3, -0.25) is 0 Å². The highest BCUT2D eigenvalue weighted by Gasteiger charge is 2.31. The van der Waals surface area contributed by atoms with Gasteiger partial charge in [-0.15, -0.1) is 10.2 Å². The summed E-state index contributed by atoms with van der Waals surface area (Å²) in [4.78, 5) is 2.20. The number of aromatic nitrogens is 4. The summed E-state index contributed by atoms with van der Waals surface area (Å²) in [7, 11) is 1.81. The standard InChI is InChI=1S/C9H15BrN4/c1-6-7(3-4-8(6)10)5-9-11-13-14(2)12-9/h6-8H,3-5H2,1-2H3. The molecule has 2 rings (SSSR count). The molecule has 0 N–H and O–H groups in total. The second-order valence-corrected chi connectivity index (χ2v) is 5.29. The van der Waals surface area contributed by atoms with Crippen LogP contribution in [-0.2, 0) is 13.5 Å². The molecule has 0 amide bonds. The van der Waals surface area contributed by atoms with Gasteiger partial charge in [-0.25, -0.2) is 0 Å². The second kappa shape index (κ2) is 3.96. The molecule has 3 atom stereocenters. The van der Waals surface area contributed by atoms with E-state index in [4.69, 9.17) is 0 Å². The lowest BCUT2D eigenvalue weighted by Gasteiger charge is -2.14.